The van der Waals surface area contributed by atoms with Crippen molar-refractivity contribution in [3.63, 3.8) is 0 Å². The molecule has 4 heterocycles. The Labute approximate surface area is 184 Å². The smallest absolute Gasteiger partial charge is 0.246 e. The normalized spacial score (nSPS) is 19.3. The van der Waals surface area contributed by atoms with Crippen molar-refractivity contribution < 1.29 is 8.42 Å². The van der Waals surface area contributed by atoms with Gasteiger partial charge in [0, 0.05) is 71.2 Å². The number of rotatable bonds is 4. The van der Waals surface area contributed by atoms with Gasteiger partial charge in [-0.2, -0.15) is 14.4 Å². The van der Waals surface area contributed by atoms with E-state index in [0.717, 1.165) is 37.7 Å². The molecular weight excluding hydrogens is 416 g/mol. The Balaban J connectivity index is 1.49. The molecule has 10 nitrogen and oxygen atoms in total. The number of hydrogen-bond acceptors (Lipinski definition) is 8. The fraction of sp³-hybridized carbons (Fsp3) is 0.650. The van der Waals surface area contributed by atoms with Gasteiger partial charge in [0.1, 0.15) is 10.7 Å². The molecule has 0 amide bonds. The van der Waals surface area contributed by atoms with E-state index >= 15 is 0 Å². The number of anilines is 2. The van der Waals surface area contributed by atoms with Crippen LogP contribution < -0.4 is 9.80 Å². The largest absolute Gasteiger partial charge is 0.354 e. The maximum Gasteiger partial charge on any atom is 0.246 e. The second kappa shape index (κ2) is 8.36. The van der Waals surface area contributed by atoms with Crippen molar-refractivity contribution in [2.45, 2.75) is 25.7 Å². The minimum atomic E-state index is -3.58. The fourth-order valence-electron chi connectivity index (χ4n) is 4.26. The summed E-state index contributed by atoms with van der Waals surface area (Å²) in [6, 6.07) is 2.03. The van der Waals surface area contributed by atoms with Crippen LogP contribution >= 0.6 is 0 Å². The lowest BCUT2D eigenvalue weighted by molar-refractivity contribution is 0.312. The van der Waals surface area contributed by atoms with E-state index in [-0.39, 0.29) is 0 Å². The number of piperazine rings is 2. The summed E-state index contributed by atoms with van der Waals surface area (Å²) in [4.78, 5) is 16.5. The number of likely N-dealkylation sites (N-methyl/N-ethyl adjacent to an activating group) is 1. The highest BCUT2D eigenvalue weighted by Crippen LogP contribution is 2.25. The number of nitrogens with zero attached hydrogens (tertiary/aromatic N) is 8. The zero-order chi connectivity index (χ0) is 22.3. The third-order valence-corrected chi connectivity index (χ3v) is 8.37. The fourth-order valence-corrected chi connectivity index (χ4v) is 6.08. The molecule has 2 aromatic heterocycles. The van der Waals surface area contributed by atoms with Gasteiger partial charge >= 0.3 is 0 Å². The first kappa shape index (κ1) is 22.0. The van der Waals surface area contributed by atoms with Crippen molar-refractivity contribution >= 4 is 21.8 Å². The molecule has 0 unspecified atom stereocenters. The van der Waals surface area contributed by atoms with Gasteiger partial charge in [-0.15, -0.1) is 0 Å². The van der Waals surface area contributed by atoms with E-state index in [1.165, 1.54) is 0 Å². The summed E-state index contributed by atoms with van der Waals surface area (Å²) in [6.45, 7) is 11.4. The molecule has 2 aromatic rings. The first-order valence-electron chi connectivity index (χ1n) is 10.7. The van der Waals surface area contributed by atoms with Gasteiger partial charge in [-0.05, 0) is 27.8 Å². The number of aryl methyl sites for hydroxylation is 3. The SMILES string of the molecule is Cc1cc(N2CCN(C)CC2)nc(N2CCN(S(=O)(=O)c3c(C)nn(C)c3C)CC2)n1. The number of sulfonamides is 1. The minimum Gasteiger partial charge on any atom is -0.354 e. The van der Waals surface area contributed by atoms with Crippen LogP contribution in [0, 0.1) is 20.8 Å². The molecule has 0 aromatic carbocycles. The second-order valence-corrected chi connectivity index (χ2v) is 10.3. The summed E-state index contributed by atoms with van der Waals surface area (Å²) >= 11 is 0. The third kappa shape index (κ3) is 4.26. The van der Waals surface area contributed by atoms with E-state index in [9.17, 15) is 8.42 Å². The predicted molar refractivity (Wildman–Crippen MR) is 120 cm³/mol. The number of hydrogen-bond donors (Lipinski definition) is 0. The highest BCUT2D eigenvalue weighted by molar-refractivity contribution is 7.89. The van der Waals surface area contributed by atoms with Crippen LogP contribution in [0.5, 0.6) is 0 Å². The topological polar surface area (TPSA) is 90.7 Å². The van der Waals surface area contributed by atoms with Gasteiger partial charge < -0.3 is 14.7 Å². The van der Waals surface area contributed by atoms with Gasteiger partial charge in [0.25, 0.3) is 0 Å². The predicted octanol–water partition coefficient (Wildman–Crippen LogP) is 0.398. The summed E-state index contributed by atoms with van der Waals surface area (Å²) in [7, 11) is 0.328. The van der Waals surface area contributed by atoms with Crippen LogP contribution in [0.2, 0.25) is 0 Å². The lowest BCUT2D eigenvalue weighted by atomic mass is 10.3. The highest BCUT2D eigenvalue weighted by Gasteiger charge is 2.33. The minimum absolute atomic E-state index is 0.326. The Bertz CT molecular complexity index is 1050. The molecule has 2 aliphatic rings. The molecule has 0 saturated carbocycles. The van der Waals surface area contributed by atoms with Gasteiger partial charge in [-0.25, -0.2) is 13.4 Å². The lowest BCUT2D eigenvalue weighted by Crippen LogP contribution is -2.49. The number of aromatic nitrogens is 4. The van der Waals surface area contributed by atoms with E-state index in [0.29, 0.717) is 48.4 Å². The third-order valence-electron chi connectivity index (χ3n) is 6.22. The summed E-state index contributed by atoms with van der Waals surface area (Å²) in [6.07, 6.45) is 0. The first-order valence-corrected chi connectivity index (χ1v) is 12.2. The Morgan fingerprint density at radius 3 is 2.03 bits per heavy atom. The van der Waals surface area contributed by atoms with Crippen LogP contribution in [0.1, 0.15) is 17.1 Å². The molecule has 31 heavy (non-hydrogen) atoms. The van der Waals surface area contributed by atoms with Crippen LogP contribution in [-0.4, -0.2) is 96.8 Å². The Hall–Kier alpha value is -2.24. The van der Waals surface area contributed by atoms with Crippen LogP contribution in [0.15, 0.2) is 11.0 Å². The Kier molecular flexibility index (Phi) is 5.93. The van der Waals surface area contributed by atoms with Crippen molar-refractivity contribution in [1.82, 2.24) is 29.0 Å². The van der Waals surface area contributed by atoms with E-state index in [4.69, 9.17) is 4.98 Å². The first-order chi connectivity index (χ1) is 14.7. The summed E-state index contributed by atoms with van der Waals surface area (Å²) < 4.78 is 29.7. The zero-order valence-electron chi connectivity index (χ0n) is 19.0. The van der Waals surface area contributed by atoms with Crippen LogP contribution in [0.25, 0.3) is 0 Å². The molecule has 0 atom stereocenters. The van der Waals surface area contributed by atoms with Crippen molar-refractivity contribution in [3.05, 3.63) is 23.1 Å². The molecule has 2 fully saturated rings. The quantitative estimate of drug-likeness (QED) is 0.664. The summed E-state index contributed by atoms with van der Waals surface area (Å²) in [5.41, 5.74) is 2.13. The molecule has 2 saturated heterocycles. The van der Waals surface area contributed by atoms with E-state index in [1.54, 1.807) is 29.9 Å². The van der Waals surface area contributed by atoms with Crippen LogP contribution in [0.4, 0.5) is 11.8 Å². The molecule has 170 valence electrons. The summed E-state index contributed by atoms with van der Waals surface area (Å²) in [5.74, 6) is 1.63. The van der Waals surface area contributed by atoms with Gasteiger partial charge in [0.05, 0.1) is 11.4 Å². The summed E-state index contributed by atoms with van der Waals surface area (Å²) in [5, 5.41) is 4.28. The lowest BCUT2D eigenvalue weighted by Gasteiger charge is -2.36. The Morgan fingerprint density at radius 1 is 0.839 bits per heavy atom. The standard InChI is InChI=1S/C20H32N8O2S/c1-15-14-18(26-8-6-24(4)7-9-26)22-20(21-15)27-10-12-28(13-11-27)31(29,30)19-16(2)23-25(5)17(19)3/h14H,6-13H2,1-5H3. The van der Waals surface area contributed by atoms with E-state index in [1.807, 2.05) is 13.0 Å². The van der Waals surface area contributed by atoms with Crippen LogP contribution in [-0.2, 0) is 17.1 Å². The molecule has 2 aliphatic heterocycles. The van der Waals surface area contributed by atoms with Gasteiger partial charge in [-0.3, -0.25) is 4.68 Å². The molecule has 4 rings (SSSR count). The second-order valence-electron chi connectivity index (χ2n) is 8.47. The maximum absolute atomic E-state index is 13.2. The van der Waals surface area contributed by atoms with Crippen molar-refractivity contribution in [2.75, 3.05) is 69.2 Å². The van der Waals surface area contributed by atoms with Gasteiger partial charge in [0.2, 0.25) is 16.0 Å². The van der Waals surface area contributed by atoms with Crippen LogP contribution in [0.3, 0.4) is 0 Å². The molecule has 0 N–H and O–H groups in total. The maximum atomic E-state index is 13.2. The molecular formula is C20H32N8O2S. The molecule has 0 aliphatic carbocycles. The van der Waals surface area contributed by atoms with E-state index in [2.05, 4.69) is 31.8 Å². The van der Waals surface area contributed by atoms with Crippen molar-refractivity contribution in [2.24, 2.45) is 7.05 Å². The average Bonchev–Trinajstić information content (AvgIpc) is 3.00. The molecule has 0 bridgehead atoms. The van der Waals surface area contributed by atoms with Crippen molar-refractivity contribution in [1.29, 1.82) is 0 Å². The van der Waals surface area contributed by atoms with Crippen molar-refractivity contribution in [3.8, 4) is 0 Å². The van der Waals surface area contributed by atoms with Gasteiger partial charge in [0.15, 0.2) is 0 Å². The molecule has 0 radical (unpaired) electrons. The van der Waals surface area contributed by atoms with E-state index < -0.39 is 10.0 Å². The molecule has 11 heteroatoms. The Morgan fingerprint density at radius 2 is 1.45 bits per heavy atom. The highest BCUT2D eigenvalue weighted by atomic mass is 32.2. The monoisotopic (exact) mass is 448 g/mol. The van der Waals surface area contributed by atoms with Gasteiger partial charge in [-0.1, -0.05) is 0 Å². The zero-order valence-corrected chi connectivity index (χ0v) is 19.9. The average molecular weight is 449 g/mol. The molecule has 0 spiro atoms.